The van der Waals surface area contributed by atoms with Gasteiger partial charge in [0.25, 0.3) is 0 Å². The van der Waals surface area contributed by atoms with E-state index in [0.29, 0.717) is 5.56 Å². The number of aromatic hydroxyl groups is 1. The monoisotopic (exact) mass is 167 g/mol. The van der Waals surface area contributed by atoms with Crippen LogP contribution in [0.25, 0.3) is 0 Å². The molecule has 3 heteroatoms. The molecule has 3 nitrogen and oxygen atoms in total. The minimum Gasteiger partial charge on any atom is -0.508 e. The zero-order valence-corrected chi connectivity index (χ0v) is 6.99. The van der Waals surface area contributed by atoms with Crippen LogP contribution < -0.4 is 5.73 Å². The number of hydrogen-bond donors (Lipinski definition) is 3. The van der Waals surface area contributed by atoms with Crippen molar-refractivity contribution in [3.05, 3.63) is 29.3 Å². The van der Waals surface area contributed by atoms with Gasteiger partial charge < -0.3 is 15.9 Å². The summed E-state index contributed by atoms with van der Waals surface area (Å²) in [7, 11) is 0. The number of aliphatic hydroxyl groups is 1. The third kappa shape index (κ3) is 1.75. The topological polar surface area (TPSA) is 66.5 Å². The van der Waals surface area contributed by atoms with E-state index in [4.69, 9.17) is 5.73 Å². The van der Waals surface area contributed by atoms with E-state index in [9.17, 15) is 10.2 Å². The Morgan fingerprint density at radius 1 is 1.50 bits per heavy atom. The molecular formula is C9H13NO2. The minimum atomic E-state index is -0.773. The second kappa shape index (κ2) is 3.56. The first-order valence-corrected chi connectivity index (χ1v) is 3.83. The van der Waals surface area contributed by atoms with Crippen LogP contribution in [0.2, 0.25) is 0 Å². The van der Waals surface area contributed by atoms with Crippen molar-refractivity contribution in [2.45, 2.75) is 13.0 Å². The largest absolute Gasteiger partial charge is 0.508 e. The van der Waals surface area contributed by atoms with Gasteiger partial charge in [0.05, 0.1) is 6.10 Å². The van der Waals surface area contributed by atoms with E-state index in [1.807, 2.05) is 13.0 Å². The van der Waals surface area contributed by atoms with Crippen LogP contribution in [-0.2, 0) is 0 Å². The molecule has 0 spiro atoms. The fraction of sp³-hybridized carbons (Fsp3) is 0.333. The molecule has 1 rings (SSSR count). The predicted molar refractivity (Wildman–Crippen MR) is 46.9 cm³/mol. The lowest BCUT2D eigenvalue weighted by Gasteiger charge is -2.10. The van der Waals surface area contributed by atoms with Gasteiger partial charge in [0, 0.05) is 12.1 Å². The Labute approximate surface area is 71.5 Å². The Balaban J connectivity index is 3.01. The van der Waals surface area contributed by atoms with Crippen LogP contribution in [0.5, 0.6) is 5.75 Å². The first-order valence-electron chi connectivity index (χ1n) is 3.83. The van der Waals surface area contributed by atoms with Gasteiger partial charge in [-0.2, -0.15) is 0 Å². The molecule has 0 heterocycles. The van der Waals surface area contributed by atoms with E-state index < -0.39 is 6.10 Å². The van der Waals surface area contributed by atoms with Gasteiger partial charge in [-0.3, -0.25) is 0 Å². The summed E-state index contributed by atoms with van der Waals surface area (Å²) in [6, 6.07) is 5.12. The second-order valence-corrected chi connectivity index (χ2v) is 2.81. The molecule has 0 radical (unpaired) electrons. The molecule has 0 amide bonds. The number of phenolic OH excluding ortho intramolecular Hbond substituents is 1. The molecular weight excluding hydrogens is 154 g/mol. The van der Waals surface area contributed by atoms with Crippen molar-refractivity contribution in [1.82, 2.24) is 0 Å². The number of rotatable bonds is 2. The van der Waals surface area contributed by atoms with Gasteiger partial charge in [-0.25, -0.2) is 0 Å². The zero-order valence-electron chi connectivity index (χ0n) is 6.99. The highest BCUT2D eigenvalue weighted by molar-refractivity contribution is 5.37. The highest BCUT2D eigenvalue weighted by Crippen LogP contribution is 2.24. The lowest BCUT2D eigenvalue weighted by Crippen LogP contribution is -2.11. The fourth-order valence-electron chi connectivity index (χ4n) is 1.06. The Morgan fingerprint density at radius 3 is 2.67 bits per heavy atom. The molecule has 12 heavy (non-hydrogen) atoms. The number of nitrogens with two attached hydrogens (primary N) is 1. The van der Waals surface area contributed by atoms with Crippen LogP contribution in [0.15, 0.2) is 18.2 Å². The first kappa shape index (κ1) is 9.03. The summed E-state index contributed by atoms with van der Waals surface area (Å²) in [6.45, 7) is 1.99. The van der Waals surface area contributed by atoms with E-state index >= 15 is 0 Å². The van der Waals surface area contributed by atoms with E-state index in [2.05, 4.69) is 0 Å². The van der Waals surface area contributed by atoms with Gasteiger partial charge >= 0.3 is 0 Å². The molecule has 0 saturated carbocycles. The summed E-state index contributed by atoms with van der Waals surface area (Å²) in [5.41, 5.74) is 6.70. The minimum absolute atomic E-state index is 0.105. The van der Waals surface area contributed by atoms with Crippen molar-refractivity contribution in [3.63, 3.8) is 0 Å². The van der Waals surface area contributed by atoms with E-state index in [1.165, 1.54) is 0 Å². The van der Waals surface area contributed by atoms with E-state index in [1.54, 1.807) is 12.1 Å². The highest BCUT2D eigenvalue weighted by Gasteiger charge is 2.09. The van der Waals surface area contributed by atoms with Gasteiger partial charge in [0.15, 0.2) is 0 Å². The van der Waals surface area contributed by atoms with E-state index in [0.717, 1.165) is 5.56 Å². The summed E-state index contributed by atoms with van der Waals surface area (Å²) >= 11 is 0. The Kier molecular flexibility index (Phi) is 2.68. The van der Waals surface area contributed by atoms with Crippen LogP contribution in [0.1, 0.15) is 17.2 Å². The fourth-order valence-corrected chi connectivity index (χ4v) is 1.06. The molecule has 4 N–H and O–H groups in total. The van der Waals surface area contributed by atoms with Crippen molar-refractivity contribution < 1.29 is 10.2 Å². The summed E-state index contributed by atoms with van der Waals surface area (Å²) in [5.74, 6) is 0.105. The molecule has 0 aromatic heterocycles. The average molecular weight is 167 g/mol. The molecule has 1 aromatic rings. The van der Waals surface area contributed by atoms with Gasteiger partial charge in [-0.15, -0.1) is 0 Å². The van der Waals surface area contributed by atoms with Crippen LogP contribution >= 0.6 is 0 Å². The third-order valence-corrected chi connectivity index (χ3v) is 1.77. The Morgan fingerprint density at radius 2 is 2.17 bits per heavy atom. The normalized spacial score (nSPS) is 12.9. The summed E-state index contributed by atoms with van der Waals surface area (Å²) in [6.07, 6.45) is -0.773. The molecule has 0 aliphatic carbocycles. The first-order chi connectivity index (χ1) is 5.65. The number of aryl methyl sites for hydroxylation is 1. The van der Waals surface area contributed by atoms with Gasteiger partial charge in [0.1, 0.15) is 5.75 Å². The Bertz CT molecular complexity index is 273. The highest BCUT2D eigenvalue weighted by atomic mass is 16.3. The summed E-state index contributed by atoms with van der Waals surface area (Å²) in [4.78, 5) is 0. The van der Waals surface area contributed by atoms with E-state index in [-0.39, 0.29) is 12.3 Å². The maximum Gasteiger partial charge on any atom is 0.121 e. The van der Waals surface area contributed by atoms with Crippen molar-refractivity contribution in [1.29, 1.82) is 0 Å². The van der Waals surface area contributed by atoms with Crippen molar-refractivity contribution in [2.75, 3.05) is 6.54 Å². The molecule has 1 aromatic carbocycles. The maximum absolute atomic E-state index is 9.38. The van der Waals surface area contributed by atoms with Crippen LogP contribution in [0.4, 0.5) is 0 Å². The predicted octanol–water partition coefficient (Wildman–Crippen LogP) is 0.693. The number of aliphatic hydroxyl groups excluding tert-OH is 1. The summed E-state index contributed by atoms with van der Waals surface area (Å²) < 4.78 is 0. The molecule has 0 fully saturated rings. The van der Waals surface area contributed by atoms with Gasteiger partial charge in [0.2, 0.25) is 0 Å². The summed E-state index contributed by atoms with van der Waals surface area (Å²) in [5, 5.41) is 18.7. The molecule has 66 valence electrons. The van der Waals surface area contributed by atoms with Crippen LogP contribution in [0.3, 0.4) is 0 Å². The number of phenols is 1. The number of hydrogen-bond acceptors (Lipinski definition) is 3. The molecule has 1 atom stereocenters. The van der Waals surface area contributed by atoms with Gasteiger partial charge in [-0.1, -0.05) is 12.1 Å². The third-order valence-electron chi connectivity index (χ3n) is 1.77. The SMILES string of the molecule is Cc1ccc([C@@H](O)CN)c(O)c1. The van der Waals surface area contributed by atoms with Crippen molar-refractivity contribution >= 4 is 0 Å². The lowest BCUT2D eigenvalue weighted by atomic mass is 10.1. The lowest BCUT2D eigenvalue weighted by molar-refractivity contribution is 0.182. The maximum atomic E-state index is 9.38. The molecule has 0 aliphatic heterocycles. The zero-order chi connectivity index (χ0) is 9.14. The second-order valence-electron chi connectivity index (χ2n) is 2.81. The number of benzene rings is 1. The van der Waals surface area contributed by atoms with Crippen LogP contribution in [-0.4, -0.2) is 16.8 Å². The standard InChI is InChI=1S/C9H13NO2/c1-6-2-3-7(8(11)4-6)9(12)5-10/h2-4,9,11-12H,5,10H2,1H3/t9-/m0/s1. The van der Waals surface area contributed by atoms with Crippen LogP contribution in [0, 0.1) is 6.92 Å². The van der Waals surface area contributed by atoms with Gasteiger partial charge in [-0.05, 0) is 18.6 Å². The Hall–Kier alpha value is -1.06. The van der Waals surface area contributed by atoms with Crippen molar-refractivity contribution in [2.24, 2.45) is 5.73 Å². The van der Waals surface area contributed by atoms with Crippen molar-refractivity contribution in [3.8, 4) is 5.75 Å². The quantitative estimate of drug-likeness (QED) is 0.607. The average Bonchev–Trinajstić information content (AvgIpc) is 2.03. The smallest absolute Gasteiger partial charge is 0.121 e. The molecule has 0 bridgehead atoms. The molecule has 0 saturated heterocycles. The molecule has 0 unspecified atom stereocenters. The molecule has 0 aliphatic rings.